The molecular formula is C13H23N3O2S. The maximum Gasteiger partial charge on any atom is 0.242 e. The molecule has 1 aromatic rings. The van der Waals surface area contributed by atoms with Crippen LogP contribution in [0.15, 0.2) is 17.2 Å². The molecule has 1 saturated carbocycles. The Kier molecular flexibility index (Phi) is 4.03. The zero-order chi connectivity index (χ0) is 14.1. The molecule has 6 heteroatoms. The summed E-state index contributed by atoms with van der Waals surface area (Å²) in [6, 6.07) is 1.76. The van der Waals surface area contributed by atoms with Gasteiger partial charge in [0.15, 0.2) is 0 Å². The lowest BCUT2D eigenvalue weighted by molar-refractivity contribution is 0.557. The molecule has 0 saturated heterocycles. The largest absolute Gasteiger partial charge is 0.349 e. The summed E-state index contributed by atoms with van der Waals surface area (Å²) in [5.74, 6) is 0. The first kappa shape index (κ1) is 14.6. The lowest BCUT2D eigenvalue weighted by Crippen LogP contribution is -2.34. The molecule has 0 atom stereocenters. The van der Waals surface area contributed by atoms with Gasteiger partial charge in [-0.25, -0.2) is 13.1 Å². The van der Waals surface area contributed by atoms with E-state index in [0.29, 0.717) is 11.4 Å². The third-order valence-corrected chi connectivity index (χ3v) is 5.15. The summed E-state index contributed by atoms with van der Waals surface area (Å²) in [5.41, 5.74) is 0.778. The van der Waals surface area contributed by atoms with Crippen LogP contribution in [0.5, 0.6) is 0 Å². The molecule has 19 heavy (non-hydrogen) atoms. The molecule has 5 nitrogen and oxygen atoms in total. The molecule has 0 aromatic carbocycles. The second kappa shape index (κ2) is 5.26. The van der Waals surface area contributed by atoms with Gasteiger partial charge in [-0.2, -0.15) is 0 Å². The predicted octanol–water partition coefficient (Wildman–Crippen LogP) is 1.45. The Morgan fingerprint density at radius 2 is 2.05 bits per heavy atom. The van der Waals surface area contributed by atoms with Gasteiger partial charge in [0.1, 0.15) is 0 Å². The van der Waals surface area contributed by atoms with E-state index in [1.165, 1.54) is 0 Å². The van der Waals surface area contributed by atoms with Gasteiger partial charge in [0.2, 0.25) is 10.0 Å². The average molecular weight is 285 g/mol. The van der Waals surface area contributed by atoms with Crippen LogP contribution in [0.25, 0.3) is 0 Å². The van der Waals surface area contributed by atoms with Crippen LogP contribution in [-0.2, 0) is 23.1 Å². The molecule has 1 fully saturated rings. The van der Waals surface area contributed by atoms with Crippen molar-refractivity contribution in [1.29, 1.82) is 0 Å². The highest BCUT2D eigenvalue weighted by molar-refractivity contribution is 7.89. The zero-order valence-corrected chi connectivity index (χ0v) is 12.7. The van der Waals surface area contributed by atoms with Crippen LogP contribution in [0.2, 0.25) is 0 Å². The summed E-state index contributed by atoms with van der Waals surface area (Å²) in [5, 5.41) is 3.23. The molecular weight excluding hydrogens is 262 g/mol. The molecule has 2 N–H and O–H groups in total. The molecule has 1 aliphatic carbocycles. The van der Waals surface area contributed by atoms with Crippen LogP contribution in [0.3, 0.4) is 0 Å². The first-order chi connectivity index (χ1) is 8.90. The fraction of sp³-hybridized carbons (Fsp3) is 0.692. The Labute approximate surface area is 115 Å². The second-order valence-corrected chi connectivity index (χ2v) is 7.08. The molecule has 0 bridgehead atoms. The average Bonchev–Trinajstić information content (AvgIpc) is 2.92. The van der Waals surface area contributed by atoms with Crippen LogP contribution >= 0.6 is 0 Å². The van der Waals surface area contributed by atoms with Gasteiger partial charge in [-0.15, -0.1) is 0 Å². The maximum absolute atomic E-state index is 12.3. The van der Waals surface area contributed by atoms with Crippen molar-refractivity contribution in [3.8, 4) is 0 Å². The molecule has 2 rings (SSSR count). The van der Waals surface area contributed by atoms with Gasteiger partial charge in [0.05, 0.1) is 4.90 Å². The summed E-state index contributed by atoms with van der Waals surface area (Å²) in [6.07, 6.45) is 3.57. The summed E-state index contributed by atoms with van der Waals surface area (Å²) in [7, 11) is -3.39. The van der Waals surface area contributed by atoms with Crippen LogP contribution in [0, 0.1) is 0 Å². The minimum atomic E-state index is -3.39. The van der Waals surface area contributed by atoms with Crippen LogP contribution in [-0.4, -0.2) is 25.1 Å². The van der Waals surface area contributed by atoms with Crippen LogP contribution in [0.4, 0.5) is 0 Å². The van der Waals surface area contributed by atoms with Gasteiger partial charge >= 0.3 is 0 Å². The fourth-order valence-electron chi connectivity index (χ4n) is 2.04. The second-order valence-electron chi connectivity index (χ2n) is 5.40. The number of hydrogen-bond acceptors (Lipinski definition) is 3. The van der Waals surface area contributed by atoms with E-state index in [4.69, 9.17) is 0 Å². The van der Waals surface area contributed by atoms with Gasteiger partial charge < -0.3 is 9.88 Å². The lowest BCUT2D eigenvalue weighted by Gasteiger charge is -2.10. The zero-order valence-electron chi connectivity index (χ0n) is 11.9. The number of hydrogen-bond donors (Lipinski definition) is 2. The molecule has 0 unspecified atom stereocenters. The SMILES string of the molecule is CCNCc1cc(S(=O)(=O)NC2(C)CC2)cn1CC. The van der Waals surface area contributed by atoms with Crippen molar-refractivity contribution in [1.82, 2.24) is 14.6 Å². The van der Waals surface area contributed by atoms with E-state index in [1.807, 2.05) is 25.3 Å². The Hall–Kier alpha value is -0.850. The number of rotatable bonds is 7. The van der Waals surface area contributed by atoms with Crippen molar-refractivity contribution in [2.75, 3.05) is 6.54 Å². The topological polar surface area (TPSA) is 63.1 Å². The smallest absolute Gasteiger partial charge is 0.242 e. The van der Waals surface area contributed by atoms with E-state index in [1.54, 1.807) is 12.3 Å². The quantitative estimate of drug-likeness (QED) is 0.797. The molecule has 0 aliphatic heterocycles. The molecule has 1 aliphatic rings. The summed E-state index contributed by atoms with van der Waals surface area (Å²) in [6.45, 7) is 8.33. The Balaban J connectivity index is 2.21. The minimum Gasteiger partial charge on any atom is -0.349 e. The maximum atomic E-state index is 12.3. The van der Waals surface area contributed by atoms with Gasteiger partial charge in [-0.05, 0) is 39.3 Å². The molecule has 1 heterocycles. The number of aromatic nitrogens is 1. The molecule has 108 valence electrons. The van der Waals surface area contributed by atoms with Crippen molar-refractivity contribution < 1.29 is 8.42 Å². The van der Waals surface area contributed by atoms with E-state index in [-0.39, 0.29) is 5.54 Å². The Morgan fingerprint density at radius 3 is 2.58 bits per heavy atom. The van der Waals surface area contributed by atoms with E-state index in [0.717, 1.165) is 31.6 Å². The summed E-state index contributed by atoms with van der Waals surface area (Å²) < 4.78 is 29.4. The monoisotopic (exact) mass is 285 g/mol. The first-order valence-electron chi connectivity index (χ1n) is 6.84. The highest BCUT2D eigenvalue weighted by Gasteiger charge is 2.41. The van der Waals surface area contributed by atoms with Crippen molar-refractivity contribution in [2.24, 2.45) is 0 Å². The van der Waals surface area contributed by atoms with Crippen molar-refractivity contribution in [2.45, 2.75) is 57.1 Å². The molecule has 0 amide bonds. The van der Waals surface area contributed by atoms with Gasteiger partial charge in [-0.3, -0.25) is 0 Å². The van der Waals surface area contributed by atoms with Crippen molar-refractivity contribution in [3.63, 3.8) is 0 Å². The highest BCUT2D eigenvalue weighted by atomic mass is 32.2. The van der Waals surface area contributed by atoms with Gasteiger partial charge in [0, 0.05) is 30.5 Å². The van der Waals surface area contributed by atoms with Crippen molar-refractivity contribution >= 4 is 10.0 Å². The minimum absolute atomic E-state index is 0.227. The van der Waals surface area contributed by atoms with E-state index < -0.39 is 10.0 Å². The molecule has 0 spiro atoms. The fourth-order valence-corrected chi connectivity index (χ4v) is 3.57. The predicted molar refractivity (Wildman–Crippen MR) is 75.4 cm³/mol. The Morgan fingerprint density at radius 1 is 1.37 bits per heavy atom. The van der Waals surface area contributed by atoms with Gasteiger partial charge in [-0.1, -0.05) is 6.92 Å². The number of sulfonamides is 1. The summed E-state index contributed by atoms with van der Waals surface area (Å²) >= 11 is 0. The number of aryl methyl sites for hydroxylation is 1. The summed E-state index contributed by atoms with van der Waals surface area (Å²) in [4.78, 5) is 0.371. The highest BCUT2D eigenvalue weighted by Crippen LogP contribution is 2.36. The van der Waals surface area contributed by atoms with Gasteiger partial charge in [0.25, 0.3) is 0 Å². The van der Waals surface area contributed by atoms with Crippen LogP contribution in [0.1, 0.15) is 39.3 Å². The normalized spacial score (nSPS) is 17.6. The number of nitrogens with zero attached hydrogens (tertiary/aromatic N) is 1. The van der Waals surface area contributed by atoms with E-state index >= 15 is 0 Å². The van der Waals surface area contributed by atoms with E-state index in [9.17, 15) is 8.42 Å². The molecule has 1 aromatic heterocycles. The third-order valence-electron chi connectivity index (χ3n) is 3.55. The Bertz CT molecular complexity index is 544. The molecule has 0 radical (unpaired) electrons. The third kappa shape index (κ3) is 3.38. The number of nitrogens with one attached hydrogen (secondary N) is 2. The van der Waals surface area contributed by atoms with Crippen molar-refractivity contribution in [3.05, 3.63) is 18.0 Å². The lowest BCUT2D eigenvalue weighted by atomic mass is 10.4. The van der Waals surface area contributed by atoms with Crippen LogP contribution < -0.4 is 10.0 Å². The first-order valence-corrected chi connectivity index (χ1v) is 8.32. The standard InChI is InChI=1S/C13H23N3O2S/c1-4-14-9-11-8-12(10-16(11)5-2)19(17,18)15-13(3)6-7-13/h8,10,14-15H,4-7,9H2,1-3H3. The van der Waals surface area contributed by atoms with E-state index in [2.05, 4.69) is 10.0 Å².